The summed E-state index contributed by atoms with van der Waals surface area (Å²) >= 11 is 0. The summed E-state index contributed by atoms with van der Waals surface area (Å²) in [5.41, 5.74) is 2.13. The molecule has 31 heavy (non-hydrogen) atoms. The molecule has 2 heterocycles. The summed E-state index contributed by atoms with van der Waals surface area (Å²) in [4.78, 5) is 40.0. The molecule has 1 aromatic carbocycles. The first kappa shape index (κ1) is 22.7. The van der Waals surface area contributed by atoms with Gasteiger partial charge in [-0.3, -0.25) is 9.59 Å². The first-order valence-electron chi connectivity index (χ1n) is 10.2. The molecule has 0 aliphatic carbocycles. The van der Waals surface area contributed by atoms with Gasteiger partial charge in [-0.2, -0.15) is 0 Å². The number of ketones is 1. The van der Waals surface area contributed by atoms with Crippen LogP contribution in [0.2, 0.25) is 0 Å². The number of hydrogen-bond acceptors (Lipinski definition) is 5. The van der Waals surface area contributed by atoms with Crippen molar-refractivity contribution < 1.29 is 28.2 Å². The maximum Gasteiger partial charge on any atom is 0.354 e. The van der Waals surface area contributed by atoms with Crippen LogP contribution < -0.4 is 0 Å². The van der Waals surface area contributed by atoms with E-state index in [1.54, 1.807) is 25.5 Å². The van der Waals surface area contributed by atoms with Gasteiger partial charge in [-0.15, -0.1) is 0 Å². The van der Waals surface area contributed by atoms with Gasteiger partial charge in [0.1, 0.15) is 11.5 Å². The first-order valence-corrected chi connectivity index (χ1v) is 10.2. The molecule has 2 aromatic rings. The summed E-state index contributed by atoms with van der Waals surface area (Å²) in [6.45, 7) is 4.15. The zero-order valence-corrected chi connectivity index (χ0v) is 18.2. The highest BCUT2D eigenvalue weighted by Crippen LogP contribution is 2.24. The van der Waals surface area contributed by atoms with E-state index in [1.807, 2.05) is 0 Å². The van der Waals surface area contributed by atoms with Crippen molar-refractivity contribution >= 4 is 17.7 Å². The number of carbonyl (C=O) groups is 3. The largest absolute Gasteiger partial charge is 0.464 e. The average molecular weight is 430 g/mol. The number of methoxy groups -OCH3 is 1. The fourth-order valence-electron chi connectivity index (χ4n) is 4.06. The molecule has 8 heteroatoms. The van der Waals surface area contributed by atoms with E-state index in [1.165, 1.54) is 36.3 Å². The summed E-state index contributed by atoms with van der Waals surface area (Å²) < 4.78 is 25.4. The van der Waals surface area contributed by atoms with E-state index in [0.29, 0.717) is 34.7 Å². The number of aromatic nitrogens is 1. The fraction of sp³-hybridized carbons (Fsp3) is 0.435. The number of esters is 1. The second-order valence-corrected chi connectivity index (χ2v) is 7.74. The van der Waals surface area contributed by atoms with Gasteiger partial charge in [-0.05, 0) is 56.5 Å². The van der Waals surface area contributed by atoms with Gasteiger partial charge in [0.05, 0.1) is 19.8 Å². The Hall–Kier alpha value is -3.00. The van der Waals surface area contributed by atoms with Crippen molar-refractivity contribution in [1.82, 2.24) is 9.47 Å². The molecule has 0 N–H and O–H groups in total. The van der Waals surface area contributed by atoms with Crippen LogP contribution in [-0.2, 0) is 16.5 Å². The maximum absolute atomic E-state index is 13.3. The van der Waals surface area contributed by atoms with Crippen LogP contribution in [-0.4, -0.2) is 60.0 Å². The minimum Gasteiger partial charge on any atom is -0.464 e. The number of rotatable bonds is 7. The number of carbonyl (C=O) groups excluding carboxylic acids is 3. The second-order valence-electron chi connectivity index (χ2n) is 7.74. The molecule has 1 aliphatic rings. The Morgan fingerprint density at radius 3 is 2.48 bits per heavy atom. The molecule has 1 saturated heterocycles. The zero-order valence-electron chi connectivity index (χ0n) is 18.2. The molecule has 1 fully saturated rings. The lowest BCUT2D eigenvalue weighted by atomic mass is 10.0. The molecule has 1 amide bonds. The smallest absolute Gasteiger partial charge is 0.354 e. The predicted molar refractivity (Wildman–Crippen MR) is 112 cm³/mol. The van der Waals surface area contributed by atoms with Crippen LogP contribution in [0, 0.1) is 19.7 Å². The maximum atomic E-state index is 13.3. The van der Waals surface area contributed by atoms with Gasteiger partial charge in [-0.1, -0.05) is 0 Å². The van der Waals surface area contributed by atoms with E-state index in [0.717, 1.165) is 12.8 Å². The van der Waals surface area contributed by atoms with Crippen LogP contribution >= 0.6 is 0 Å². The van der Waals surface area contributed by atoms with Crippen molar-refractivity contribution in [3.63, 3.8) is 0 Å². The summed E-state index contributed by atoms with van der Waals surface area (Å²) in [5.74, 6) is -1.62. The van der Waals surface area contributed by atoms with Crippen molar-refractivity contribution in [3.05, 3.63) is 58.2 Å². The highest BCUT2D eigenvalue weighted by atomic mass is 19.1. The van der Waals surface area contributed by atoms with Crippen molar-refractivity contribution in [2.45, 2.75) is 32.8 Å². The lowest BCUT2D eigenvalue weighted by Gasteiger charge is -2.25. The fourth-order valence-corrected chi connectivity index (χ4v) is 4.06. The van der Waals surface area contributed by atoms with E-state index in [2.05, 4.69) is 0 Å². The van der Waals surface area contributed by atoms with Gasteiger partial charge in [0.2, 0.25) is 0 Å². The first-order chi connectivity index (χ1) is 14.7. The Labute approximate surface area is 180 Å². The summed E-state index contributed by atoms with van der Waals surface area (Å²) in [6.07, 6.45) is 1.55. The van der Waals surface area contributed by atoms with Crippen LogP contribution in [0.5, 0.6) is 0 Å². The molecule has 0 saturated carbocycles. The minimum atomic E-state index is -0.527. The number of amides is 1. The second kappa shape index (κ2) is 9.43. The third-order valence-electron chi connectivity index (χ3n) is 5.75. The van der Waals surface area contributed by atoms with E-state index in [-0.39, 0.29) is 30.9 Å². The predicted octanol–water partition coefficient (Wildman–Crippen LogP) is 3.07. The van der Waals surface area contributed by atoms with Gasteiger partial charge in [0.25, 0.3) is 5.91 Å². The van der Waals surface area contributed by atoms with E-state index in [9.17, 15) is 18.8 Å². The molecule has 1 aliphatic heterocycles. The van der Waals surface area contributed by atoms with Crippen molar-refractivity contribution in [1.29, 1.82) is 0 Å². The molecule has 0 radical (unpaired) electrons. The highest BCUT2D eigenvalue weighted by molar-refractivity contribution is 6.06. The molecular formula is C23H27FN2O5. The molecular weight excluding hydrogens is 403 g/mol. The van der Waals surface area contributed by atoms with Crippen LogP contribution in [0.1, 0.15) is 55.3 Å². The third-order valence-corrected chi connectivity index (χ3v) is 5.75. The summed E-state index contributed by atoms with van der Waals surface area (Å²) in [6, 6.07) is 5.24. The van der Waals surface area contributed by atoms with Gasteiger partial charge in [0, 0.05) is 37.0 Å². The quantitative estimate of drug-likeness (QED) is 0.498. The number of Topliss-reactive ketones (excluding diaryl/α,β-unsaturated/α-hetero) is 1. The minimum absolute atomic E-state index is 0.152. The number of hydrogen-bond donors (Lipinski definition) is 0. The topological polar surface area (TPSA) is 77.8 Å². The Morgan fingerprint density at radius 1 is 1.23 bits per heavy atom. The average Bonchev–Trinajstić information content (AvgIpc) is 3.33. The highest BCUT2D eigenvalue weighted by Gasteiger charge is 2.29. The Balaban J connectivity index is 1.90. The Kier molecular flexibility index (Phi) is 6.90. The van der Waals surface area contributed by atoms with E-state index >= 15 is 0 Å². The van der Waals surface area contributed by atoms with Gasteiger partial charge < -0.3 is 18.9 Å². The van der Waals surface area contributed by atoms with Crippen molar-refractivity contribution in [2.24, 2.45) is 7.05 Å². The third kappa shape index (κ3) is 4.69. The molecule has 1 atom stereocenters. The van der Waals surface area contributed by atoms with E-state index < -0.39 is 11.8 Å². The Bertz CT molecular complexity index is 990. The van der Waals surface area contributed by atoms with Crippen LogP contribution in [0.4, 0.5) is 4.39 Å². The van der Waals surface area contributed by atoms with Crippen molar-refractivity contribution in [2.75, 3.05) is 26.8 Å². The van der Waals surface area contributed by atoms with Gasteiger partial charge in [0.15, 0.2) is 5.78 Å². The number of halogens is 1. The van der Waals surface area contributed by atoms with Crippen LogP contribution in [0.25, 0.3) is 0 Å². The van der Waals surface area contributed by atoms with Crippen LogP contribution in [0.15, 0.2) is 24.3 Å². The zero-order chi connectivity index (χ0) is 22.7. The monoisotopic (exact) mass is 430 g/mol. The van der Waals surface area contributed by atoms with Crippen LogP contribution in [0.3, 0.4) is 0 Å². The summed E-state index contributed by atoms with van der Waals surface area (Å²) in [7, 11) is 2.98. The summed E-state index contributed by atoms with van der Waals surface area (Å²) in [5, 5.41) is 0. The molecule has 1 aromatic heterocycles. The molecule has 3 rings (SSSR count). The lowest BCUT2D eigenvalue weighted by molar-refractivity contribution is 0.0506. The molecule has 0 spiro atoms. The van der Waals surface area contributed by atoms with Crippen molar-refractivity contribution in [3.8, 4) is 0 Å². The SMILES string of the molecule is COC(=O)c1c(C)c(C(=O)CN(CC2CCCO2)C(=O)c2ccc(F)cc2)c(C)n1C. The van der Waals surface area contributed by atoms with Gasteiger partial charge in [-0.25, -0.2) is 9.18 Å². The molecule has 7 nitrogen and oxygen atoms in total. The molecule has 166 valence electrons. The normalized spacial score (nSPS) is 15.7. The van der Waals surface area contributed by atoms with Gasteiger partial charge >= 0.3 is 5.97 Å². The molecule has 0 bridgehead atoms. The molecule has 1 unspecified atom stereocenters. The lowest BCUT2D eigenvalue weighted by Crippen LogP contribution is -2.41. The Morgan fingerprint density at radius 2 is 1.90 bits per heavy atom. The number of nitrogens with zero attached hydrogens (tertiary/aromatic N) is 2. The number of benzene rings is 1. The van der Waals surface area contributed by atoms with E-state index in [4.69, 9.17) is 9.47 Å². The standard InChI is InChI=1S/C23H27FN2O5/c1-14-20(15(2)25(3)21(14)23(29)30-4)19(27)13-26(12-18-6-5-11-31-18)22(28)16-7-9-17(24)10-8-16/h7-10,18H,5-6,11-13H2,1-4H3. The number of ether oxygens (including phenoxy) is 2.